The molecule has 1 aliphatic heterocycles. The van der Waals surface area contributed by atoms with Crippen molar-refractivity contribution >= 4 is 15.9 Å². The first kappa shape index (κ1) is 15.0. The third kappa shape index (κ3) is 3.58. The molecule has 0 saturated carbocycles. The van der Waals surface area contributed by atoms with Gasteiger partial charge in [-0.1, -0.05) is 25.5 Å². The SMILES string of the molecule is CCc1ccc(S(=O)(=O)NN2CCCCCC2=O)cc1. The van der Waals surface area contributed by atoms with Gasteiger partial charge in [0.05, 0.1) is 4.90 Å². The number of rotatable bonds is 4. The summed E-state index contributed by atoms with van der Waals surface area (Å²) in [6.45, 7) is 2.45. The van der Waals surface area contributed by atoms with Crippen LogP contribution >= 0.6 is 0 Å². The quantitative estimate of drug-likeness (QED) is 0.922. The van der Waals surface area contributed by atoms with Gasteiger partial charge < -0.3 is 0 Å². The van der Waals surface area contributed by atoms with Crippen LogP contribution in [0.4, 0.5) is 0 Å². The standard InChI is InChI=1S/C14H20N2O3S/c1-2-12-7-9-13(10-8-12)20(18,19)15-16-11-5-3-4-6-14(16)17/h7-10,15H,2-6,11H2,1H3. The van der Waals surface area contributed by atoms with E-state index < -0.39 is 10.0 Å². The molecule has 1 heterocycles. The Morgan fingerprint density at radius 2 is 1.85 bits per heavy atom. The molecule has 1 aromatic rings. The average Bonchev–Trinajstić information content (AvgIpc) is 2.64. The largest absolute Gasteiger partial charge is 0.273 e. The number of hydrogen-bond donors (Lipinski definition) is 1. The van der Waals surface area contributed by atoms with Gasteiger partial charge in [-0.2, -0.15) is 0 Å². The Morgan fingerprint density at radius 1 is 1.15 bits per heavy atom. The fourth-order valence-corrected chi connectivity index (χ4v) is 3.26. The molecule has 1 aliphatic rings. The fraction of sp³-hybridized carbons (Fsp3) is 0.500. The third-order valence-corrected chi connectivity index (χ3v) is 4.80. The van der Waals surface area contributed by atoms with Gasteiger partial charge in [0.2, 0.25) is 5.91 Å². The van der Waals surface area contributed by atoms with Gasteiger partial charge in [-0.15, -0.1) is 4.83 Å². The number of hydrazine groups is 1. The van der Waals surface area contributed by atoms with Crippen LogP contribution in [0.5, 0.6) is 0 Å². The van der Waals surface area contributed by atoms with Crippen LogP contribution in [-0.4, -0.2) is 25.9 Å². The molecule has 0 atom stereocenters. The van der Waals surface area contributed by atoms with Crippen molar-refractivity contribution < 1.29 is 13.2 Å². The van der Waals surface area contributed by atoms with Crippen molar-refractivity contribution in [1.82, 2.24) is 9.84 Å². The van der Waals surface area contributed by atoms with Crippen molar-refractivity contribution in [3.8, 4) is 0 Å². The second-order valence-corrected chi connectivity index (χ2v) is 6.61. The molecule has 1 fully saturated rings. The first-order valence-electron chi connectivity index (χ1n) is 6.94. The zero-order valence-electron chi connectivity index (χ0n) is 11.6. The molecule has 6 heteroatoms. The maximum atomic E-state index is 12.3. The van der Waals surface area contributed by atoms with Crippen LogP contribution in [0, 0.1) is 0 Å². The number of aryl methyl sites for hydroxylation is 1. The highest BCUT2D eigenvalue weighted by Gasteiger charge is 2.23. The molecule has 0 bridgehead atoms. The lowest BCUT2D eigenvalue weighted by atomic mass is 10.2. The van der Waals surface area contributed by atoms with Crippen LogP contribution in [0.1, 0.15) is 38.2 Å². The zero-order chi connectivity index (χ0) is 14.6. The van der Waals surface area contributed by atoms with Crippen molar-refractivity contribution in [3.63, 3.8) is 0 Å². The zero-order valence-corrected chi connectivity index (χ0v) is 12.4. The summed E-state index contributed by atoms with van der Waals surface area (Å²) in [6, 6.07) is 6.73. The summed E-state index contributed by atoms with van der Waals surface area (Å²) < 4.78 is 24.5. The Labute approximate surface area is 120 Å². The van der Waals surface area contributed by atoms with Gasteiger partial charge in [-0.3, -0.25) is 9.80 Å². The highest BCUT2D eigenvalue weighted by atomic mass is 32.2. The molecule has 0 spiro atoms. The van der Waals surface area contributed by atoms with E-state index in [4.69, 9.17) is 0 Å². The summed E-state index contributed by atoms with van der Waals surface area (Å²) in [5, 5.41) is 1.23. The molecule has 1 aromatic carbocycles. The maximum Gasteiger partial charge on any atom is 0.257 e. The summed E-state index contributed by atoms with van der Waals surface area (Å²) in [4.78, 5) is 14.4. The number of carbonyl (C=O) groups is 1. The first-order valence-corrected chi connectivity index (χ1v) is 8.43. The molecule has 0 aromatic heterocycles. The molecule has 0 aliphatic carbocycles. The summed E-state index contributed by atoms with van der Waals surface area (Å²) in [5.41, 5.74) is 1.08. The Hall–Kier alpha value is -1.40. The lowest BCUT2D eigenvalue weighted by Crippen LogP contribution is -2.45. The van der Waals surface area contributed by atoms with E-state index in [0.29, 0.717) is 13.0 Å². The predicted molar refractivity (Wildman–Crippen MR) is 76.3 cm³/mol. The van der Waals surface area contributed by atoms with Gasteiger partial charge in [-0.05, 0) is 37.0 Å². The van der Waals surface area contributed by atoms with E-state index >= 15 is 0 Å². The summed E-state index contributed by atoms with van der Waals surface area (Å²) in [6.07, 6.45) is 3.86. The highest BCUT2D eigenvalue weighted by molar-refractivity contribution is 7.89. The molecule has 0 unspecified atom stereocenters. The Morgan fingerprint density at radius 3 is 2.50 bits per heavy atom. The van der Waals surface area contributed by atoms with Crippen molar-refractivity contribution in [1.29, 1.82) is 0 Å². The number of sulfonamides is 1. The number of nitrogens with zero attached hydrogens (tertiary/aromatic N) is 1. The van der Waals surface area contributed by atoms with Gasteiger partial charge in [0.15, 0.2) is 0 Å². The van der Waals surface area contributed by atoms with Crippen LogP contribution < -0.4 is 4.83 Å². The van der Waals surface area contributed by atoms with Crippen molar-refractivity contribution in [2.24, 2.45) is 0 Å². The summed E-state index contributed by atoms with van der Waals surface area (Å²) in [7, 11) is -3.68. The normalized spacial score (nSPS) is 17.1. The average molecular weight is 296 g/mol. The minimum absolute atomic E-state index is 0.156. The van der Waals surface area contributed by atoms with Crippen molar-refractivity contribution in [2.45, 2.75) is 43.9 Å². The lowest BCUT2D eigenvalue weighted by Gasteiger charge is -2.21. The molecule has 0 radical (unpaired) electrons. The Kier molecular flexibility index (Phi) is 4.77. The molecule has 20 heavy (non-hydrogen) atoms. The van der Waals surface area contributed by atoms with Crippen LogP contribution in [-0.2, 0) is 21.2 Å². The van der Waals surface area contributed by atoms with Gasteiger partial charge in [0.1, 0.15) is 0 Å². The van der Waals surface area contributed by atoms with E-state index in [-0.39, 0.29) is 10.8 Å². The number of nitrogens with one attached hydrogen (secondary N) is 1. The summed E-state index contributed by atoms with van der Waals surface area (Å²) in [5.74, 6) is -0.156. The molecule has 1 amide bonds. The maximum absolute atomic E-state index is 12.3. The van der Waals surface area contributed by atoms with E-state index in [1.54, 1.807) is 24.3 Å². The summed E-state index contributed by atoms with van der Waals surface area (Å²) >= 11 is 0. The van der Waals surface area contributed by atoms with Crippen molar-refractivity contribution in [3.05, 3.63) is 29.8 Å². The fourth-order valence-electron chi connectivity index (χ4n) is 2.18. The van der Waals surface area contributed by atoms with Crippen LogP contribution in [0.2, 0.25) is 0 Å². The number of hydrogen-bond acceptors (Lipinski definition) is 3. The molecule has 1 N–H and O–H groups in total. The second kappa shape index (κ2) is 6.37. The minimum Gasteiger partial charge on any atom is -0.273 e. The van der Waals surface area contributed by atoms with Crippen LogP contribution in [0.25, 0.3) is 0 Å². The molecule has 2 rings (SSSR count). The lowest BCUT2D eigenvalue weighted by molar-refractivity contribution is -0.132. The van der Waals surface area contributed by atoms with E-state index in [9.17, 15) is 13.2 Å². The van der Waals surface area contributed by atoms with Gasteiger partial charge in [0, 0.05) is 13.0 Å². The van der Waals surface area contributed by atoms with Crippen LogP contribution in [0.15, 0.2) is 29.2 Å². The number of benzene rings is 1. The second-order valence-electron chi connectivity index (χ2n) is 4.95. The van der Waals surface area contributed by atoms with E-state index in [2.05, 4.69) is 4.83 Å². The van der Waals surface area contributed by atoms with Gasteiger partial charge >= 0.3 is 0 Å². The predicted octanol–water partition coefficient (Wildman–Crippen LogP) is 1.84. The van der Waals surface area contributed by atoms with E-state index in [0.717, 1.165) is 31.2 Å². The first-order chi connectivity index (χ1) is 9.53. The van der Waals surface area contributed by atoms with E-state index in [1.807, 2.05) is 6.92 Å². The highest BCUT2D eigenvalue weighted by Crippen LogP contribution is 2.14. The molecule has 5 nitrogen and oxygen atoms in total. The third-order valence-electron chi connectivity index (χ3n) is 3.45. The van der Waals surface area contributed by atoms with Crippen molar-refractivity contribution in [2.75, 3.05) is 6.54 Å². The Balaban J connectivity index is 2.14. The molecule has 1 saturated heterocycles. The molecule has 110 valence electrons. The smallest absolute Gasteiger partial charge is 0.257 e. The van der Waals surface area contributed by atoms with E-state index in [1.165, 1.54) is 5.01 Å². The monoisotopic (exact) mass is 296 g/mol. The topological polar surface area (TPSA) is 66.5 Å². The Bertz CT molecular complexity index is 567. The number of amides is 1. The molecular formula is C14H20N2O3S. The number of carbonyl (C=O) groups excluding carboxylic acids is 1. The van der Waals surface area contributed by atoms with Gasteiger partial charge in [0.25, 0.3) is 10.0 Å². The van der Waals surface area contributed by atoms with Gasteiger partial charge in [-0.25, -0.2) is 8.42 Å². The minimum atomic E-state index is -3.68. The molecular weight excluding hydrogens is 276 g/mol. The van der Waals surface area contributed by atoms with Crippen LogP contribution in [0.3, 0.4) is 0 Å².